The summed E-state index contributed by atoms with van der Waals surface area (Å²) in [5.74, 6) is -0.624. The molecule has 2 aliphatic carbocycles. The zero-order valence-corrected chi connectivity index (χ0v) is 26.6. The van der Waals surface area contributed by atoms with Crippen molar-refractivity contribution >= 4 is 29.2 Å². The molecular weight excluding hydrogens is 578 g/mol. The molecule has 1 aromatic heterocycles. The number of pyridine rings is 1. The molecule has 0 radical (unpaired) electrons. The lowest BCUT2D eigenvalue weighted by Crippen LogP contribution is -2.38. The van der Waals surface area contributed by atoms with Crippen molar-refractivity contribution in [3.05, 3.63) is 76.1 Å². The third-order valence-electron chi connectivity index (χ3n) is 9.16. The first kappa shape index (κ1) is 32.2. The molecule has 7 nitrogen and oxygen atoms in total. The van der Waals surface area contributed by atoms with E-state index in [2.05, 4.69) is 28.3 Å². The number of hydrogen-bond acceptors (Lipinski definition) is 7. The van der Waals surface area contributed by atoms with Gasteiger partial charge in [0.2, 0.25) is 0 Å². The summed E-state index contributed by atoms with van der Waals surface area (Å²) >= 11 is 1.22. The number of hydrogen-bond donors (Lipinski definition) is 3. The molecule has 0 unspecified atom stereocenters. The van der Waals surface area contributed by atoms with Gasteiger partial charge in [0.15, 0.2) is 5.84 Å². The highest BCUT2D eigenvalue weighted by molar-refractivity contribution is 7.98. The van der Waals surface area contributed by atoms with Gasteiger partial charge in [-0.05, 0) is 107 Å². The van der Waals surface area contributed by atoms with Crippen molar-refractivity contribution < 1.29 is 13.6 Å². The quantitative estimate of drug-likeness (QED) is 0.173. The molecule has 0 spiro atoms. The molecule has 2 fully saturated rings. The molecule has 44 heavy (non-hydrogen) atoms. The lowest BCUT2D eigenvalue weighted by Gasteiger charge is -2.31. The fourth-order valence-electron chi connectivity index (χ4n) is 6.46. The number of nitrogens with two attached hydrogens (primary N) is 1. The summed E-state index contributed by atoms with van der Waals surface area (Å²) < 4.78 is 27.8. The molecule has 5 rings (SSSR count). The lowest BCUT2D eigenvalue weighted by molar-refractivity contribution is -0.122. The summed E-state index contributed by atoms with van der Waals surface area (Å²) in [5.41, 5.74) is 9.98. The summed E-state index contributed by atoms with van der Waals surface area (Å²) in [6, 6.07) is 7.02. The zero-order valence-electron chi connectivity index (χ0n) is 25.8. The zero-order chi connectivity index (χ0) is 31.2. The number of likely N-dealkylation sites (tertiary alicyclic amines) is 1. The van der Waals surface area contributed by atoms with Crippen LogP contribution in [0.1, 0.15) is 75.5 Å². The van der Waals surface area contributed by atoms with Crippen LogP contribution in [0.25, 0.3) is 0 Å². The molecule has 1 amide bonds. The Morgan fingerprint density at radius 3 is 2.59 bits per heavy atom. The number of nitrogen functional groups attached to an aromatic ring is 1. The minimum absolute atomic E-state index is 0.0971. The van der Waals surface area contributed by atoms with E-state index in [1.807, 2.05) is 0 Å². The van der Waals surface area contributed by atoms with Crippen molar-refractivity contribution in [2.24, 2.45) is 5.92 Å². The maximum Gasteiger partial charge on any atom is 0.257 e. The van der Waals surface area contributed by atoms with Crippen LogP contribution in [0.3, 0.4) is 0 Å². The van der Waals surface area contributed by atoms with Gasteiger partial charge in [-0.3, -0.25) is 15.1 Å². The van der Waals surface area contributed by atoms with Crippen LogP contribution in [-0.2, 0) is 10.5 Å². The Bertz CT molecular complexity index is 1430. The average molecular weight is 623 g/mol. The Hall–Kier alpha value is -3.24. The number of nitrogens with one attached hydrogen (secondary N) is 2. The van der Waals surface area contributed by atoms with Crippen LogP contribution in [0, 0.1) is 23.0 Å². The van der Waals surface area contributed by atoms with Gasteiger partial charge in [0.1, 0.15) is 17.3 Å². The van der Waals surface area contributed by atoms with Crippen LogP contribution in [0.4, 0.5) is 14.5 Å². The Labute approximate surface area is 263 Å². The molecule has 1 saturated heterocycles. The number of halogens is 2. The highest BCUT2D eigenvalue weighted by Crippen LogP contribution is 2.34. The predicted molar refractivity (Wildman–Crippen MR) is 173 cm³/mol. The van der Waals surface area contributed by atoms with Gasteiger partial charge in [0.05, 0.1) is 10.7 Å². The van der Waals surface area contributed by atoms with Gasteiger partial charge in [-0.15, -0.1) is 11.8 Å². The molecule has 1 saturated carbocycles. The van der Waals surface area contributed by atoms with Crippen LogP contribution in [0.2, 0.25) is 0 Å². The molecule has 4 N–H and O–H groups in total. The van der Waals surface area contributed by atoms with Gasteiger partial charge in [-0.2, -0.15) is 0 Å². The largest absolute Gasteiger partial charge is 0.397 e. The van der Waals surface area contributed by atoms with Crippen molar-refractivity contribution in [3.63, 3.8) is 0 Å². The number of likely N-dealkylation sites (N-methyl/N-ethyl adjacent to an activating group) is 1. The molecule has 2 heterocycles. The molecule has 236 valence electrons. The number of carbonyl (C=O) groups excluding carboxylic acids is 1. The maximum atomic E-state index is 14.2. The van der Waals surface area contributed by atoms with Crippen molar-refractivity contribution in [3.8, 4) is 0 Å². The average Bonchev–Trinajstić information content (AvgIpc) is 3.24. The number of carbonyl (C=O) groups is 1. The third kappa shape index (κ3) is 7.88. The van der Waals surface area contributed by atoms with Crippen molar-refractivity contribution in [2.45, 2.75) is 81.0 Å². The number of aromatic nitrogens is 1. The minimum Gasteiger partial charge on any atom is -0.397 e. The van der Waals surface area contributed by atoms with Gasteiger partial charge < -0.3 is 16.0 Å². The van der Waals surface area contributed by atoms with Gasteiger partial charge >= 0.3 is 0 Å². The van der Waals surface area contributed by atoms with Crippen LogP contribution in [-0.4, -0.2) is 59.8 Å². The molecule has 10 heteroatoms. The Morgan fingerprint density at radius 2 is 1.84 bits per heavy atom. The van der Waals surface area contributed by atoms with E-state index in [0.717, 1.165) is 69.4 Å². The van der Waals surface area contributed by atoms with E-state index in [1.165, 1.54) is 47.6 Å². The first-order valence-corrected chi connectivity index (χ1v) is 16.8. The summed E-state index contributed by atoms with van der Waals surface area (Å²) in [4.78, 5) is 22.4. The first-order chi connectivity index (χ1) is 21.2. The fourth-order valence-corrected chi connectivity index (χ4v) is 7.30. The minimum atomic E-state index is -0.506. The lowest BCUT2D eigenvalue weighted by atomic mass is 9.86. The van der Waals surface area contributed by atoms with Gasteiger partial charge in [0, 0.05) is 35.7 Å². The van der Waals surface area contributed by atoms with Crippen LogP contribution in [0.15, 0.2) is 58.3 Å². The second-order valence-corrected chi connectivity index (χ2v) is 13.3. The van der Waals surface area contributed by atoms with Gasteiger partial charge in [-0.25, -0.2) is 13.8 Å². The SMILES string of the molecule is CN1CCC(C2=CC(NC3CCCCC3)=C(C(=O)N(C)C(=N)c3nc(SCc4cc(F)ccc4F)ccc3N)CCC2)CC1. The Balaban J connectivity index is 1.38. The number of thioether (sulfide) groups is 1. The van der Waals surface area contributed by atoms with E-state index in [9.17, 15) is 13.6 Å². The number of nitrogens with zero attached hydrogens (tertiary/aromatic N) is 3. The van der Waals surface area contributed by atoms with Gasteiger partial charge in [-0.1, -0.05) is 24.8 Å². The smallest absolute Gasteiger partial charge is 0.257 e. The van der Waals surface area contributed by atoms with E-state index < -0.39 is 11.6 Å². The van der Waals surface area contributed by atoms with Crippen LogP contribution in [0.5, 0.6) is 0 Å². The molecule has 1 aromatic carbocycles. The summed E-state index contributed by atoms with van der Waals surface area (Å²) in [6.07, 6.45) is 12.9. The molecule has 0 atom stereocenters. The predicted octanol–water partition coefficient (Wildman–Crippen LogP) is 6.65. The second kappa shape index (κ2) is 14.7. The molecular formula is C34H44F2N6OS. The first-order valence-electron chi connectivity index (χ1n) is 15.8. The maximum absolute atomic E-state index is 14.2. The second-order valence-electron chi connectivity index (χ2n) is 12.3. The third-order valence-corrected chi connectivity index (χ3v) is 10.1. The number of piperidine rings is 1. The van der Waals surface area contributed by atoms with Crippen LogP contribution < -0.4 is 11.1 Å². The van der Waals surface area contributed by atoms with E-state index in [1.54, 1.807) is 19.2 Å². The summed E-state index contributed by atoms with van der Waals surface area (Å²) in [7, 11) is 3.78. The van der Waals surface area contributed by atoms with Gasteiger partial charge in [0.25, 0.3) is 5.91 Å². The number of rotatable bonds is 8. The highest BCUT2D eigenvalue weighted by atomic mass is 32.2. The van der Waals surface area contributed by atoms with E-state index in [0.29, 0.717) is 29.0 Å². The molecule has 2 aromatic rings. The van der Waals surface area contributed by atoms with E-state index in [-0.39, 0.29) is 34.4 Å². The van der Waals surface area contributed by atoms with Crippen molar-refractivity contribution in [1.29, 1.82) is 5.41 Å². The summed E-state index contributed by atoms with van der Waals surface area (Å²) in [5, 5.41) is 13.2. The Kier molecular flexibility index (Phi) is 10.7. The Morgan fingerprint density at radius 1 is 1.09 bits per heavy atom. The monoisotopic (exact) mass is 622 g/mol. The topological polar surface area (TPSA) is 98.3 Å². The number of allylic oxidation sites excluding steroid dienone is 2. The van der Waals surface area contributed by atoms with Crippen LogP contribution >= 0.6 is 11.8 Å². The standard InChI is InChI=1S/C34H44F2N6OS/c1-41-17-15-22(16-18-41)23-7-6-10-27(30(20-23)39-26-8-4-3-5-9-26)34(43)42(2)33(38)32-29(37)13-14-31(40-32)44-21-24-19-25(35)11-12-28(24)36/h11-14,19-20,22,26,38-39H,3-10,15-18,21,37H2,1-2H3. The van der Waals surface area contributed by atoms with E-state index in [4.69, 9.17) is 11.1 Å². The van der Waals surface area contributed by atoms with E-state index >= 15 is 0 Å². The normalized spacial score (nSPS) is 19.0. The highest BCUT2D eigenvalue weighted by Gasteiger charge is 2.29. The number of amides is 1. The summed E-state index contributed by atoms with van der Waals surface area (Å²) in [6.45, 7) is 2.18. The molecule has 0 bridgehead atoms. The number of benzene rings is 1. The number of amidine groups is 1. The fraction of sp³-hybridized carbons (Fsp3) is 0.500. The number of anilines is 1. The molecule has 3 aliphatic rings. The molecule has 1 aliphatic heterocycles. The van der Waals surface area contributed by atoms with Crippen molar-refractivity contribution in [2.75, 3.05) is 32.9 Å². The van der Waals surface area contributed by atoms with Crippen molar-refractivity contribution in [1.82, 2.24) is 20.1 Å².